The summed E-state index contributed by atoms with van der Waals surface area (Å²) in [6, 6.07) is 46.0. The maximum Gasteiger partial charge on any atom is 0.0970 e. The van der Waals surface area contributed by atoms with Crippen LogP contribution < -0.4 is 0 Å². The van der Waals surface area contributed by atoms with Crippen molar-refractivity contribution in [1.82, 2.24) is 15.0 Å². The van der Waals surface area contributed by atoms with Crippen LogP contribution in [0.1, 0.15) is 11.1 Å². The van der Waals surface area contributed by atoms with Crippen molar-refractivity contribution >= 4 is 76.2 Å². The third kappa shape index (κ3) is 4.41. The molecule has 3 heterocycles. The second-order valence-electron chi connectivity index (χ2n) is 15.8. The number of benzene rings is 6. The third-order valence-electron chi connectivity index (χ3n) is 12.9. The van der Waals surface area contributed by atoms with Crippen molar-refractivity contribution in [2.75, 3.05) is 0 Å². The Hall–Kier alpha value is -7.49. The zero-order valence-corrected chi connectivity index (χ0v) is 31.4. The maximum atomic E-state index is 5.47. The van der Waals surface area contributed by atoms with Gasteiger partial charge in [-0.25, -0.2) is 4.98 Å². The molecule has 0 aliphatic heterocycles. The number of allylic oxidation sites excluding steroid dienone is 14. The molecule has 0 saturated heterocycles. The summed E-state index contributed by atoms with van der Waals surface area (Å²) in [6.07, 6.45) is 22.5. The summed E-state index contributed by atoms with van der Waals surface area (Å²) in [7, 11) is 0. The zero-order valence-electron chi connectivity index (χ0n) is 31.4. The van der Waals surface area contributed by atoms with E-state index < -0.39 is 0 Å². The molecule has 0 radical (unpaired) electrons. The van der Waals surface area contributed by atoms with Gasteiger partial charge in [-0.15, -0.1) is 0 Å². The first-order chi connectivity index (χ1) is 28.8. The van der Waals surface area contributed by atoms with E-state index in [1.165, 1.54) is 82.3 Å². The van der Waals surface area contributed by atoms with Gasteiger partial charge in [-0.3, -0.25) is 9.97 Å². The Morgan fingerprint density at radius 3 is 2.05 bits per heavy atom. The first-order valence-corrected chi connectivity index (χ1v) is 20.1. The summed E-state index contributed by atoms with van der Waals surface area (Å²) in [4.78, 5) is 15.0. The van der Waals surface area contributed by atoms with Crippen molar-refractivity contribution in [2.24, 2.45) is 11.8 Å². The molecule has 13 rings (SSSR count). The molecule has 0 amide bonds. The lowest BCUT2D eigenvalue weighted by molar-refractivity contribution is 0.569. The lowest BCUT2D eigenvalue weighted by Crippen LogP contribution is -2.30. The highest BCUT2D eigenvalue weighted by Gasteiger charge is 2.40. The van der Waals surface area contributed by atoms with E-state index in [-0.39, 0.29) is 11.8 Å². The molecular formula is C55H33N3. The topological polar surface area (TPSA) is 38.7 Å². The first kappa shape index (κ1) is 31.7. The molecule has 0 spiro atoms. The van der Waals surface area contributed by atoms with Gasteiger partial charge in [0.25, 0.3) is 0 Å². The van der Waals surface area contributed by atoms with E-state index in [2.05, 4.69) is 170 Å². The fourth-order valence-electron chi connectivity index (χ4n) is 10.4. The van der Waals surface area contributed by atoms with Crippen molar-refractivity contribution < 1.29 is 0 Å². The second kappa shape index (κ2) is 12.0. The van der Waals surface area contributed by atoms with Crippen LogP contribution in [0, 0.1) is 11.8 Å². The molecule has 268 valence electrons. The van der Waals surface area contributed by atoms with Crippen LogP contribution in [0.2, 0.25) is 0 Å². The van der Waals surface area contributed by atoms with E-state index >= 15 is 0 Å². The predicted octanol–water partition coefficient (Wildman–Crippen LogP) is 13.5. The van der Waals surface area contributed by atoms with E-state index in [0.717, 1.165) is 38.6 Å². The Labute approximate surface area is 334 Å². The highest BCUT2D eigenvalue weighted by molar-refractivity contribution is 6.33. The lowest BCUT2D eigenvalue weighted by Gasteiger charge is -2.42. The number of rotatable bonds is 3. The summed E-state index contributed by atoms with van der Waals surface area (Å²) in [6.45, 7) is 0. The van der Waals surface area contributed by atoms with Gasteiger partial charge >= 0.3 is 0 Å². The molecule has 0 N–H and O–H groups in total. The van der Waals surface area contributed by atoms with Crippen LogP contribution in [-0.4, -0.2) is 15.0 Å². The quantitative estimate of drug-likeness (QED) is 0.170. The van der Waals surface area contributed by atoms with Crippen LogP contribution in [0.25, 0.3) is 87.4 Å². The summed E-state index contributed by atoms with van der Waals surface area (Å²) in [5.41, 5.74) is 15.4. The fourth-order valence-corrected chi connectivity index (χ4v) is 10.4. The predicted molar refractivity (Wildman–Crippen MR) is 241 cm³/mol. The maximum absolute atomic E-state index is 5.47. The number of para-hydroxylation sites is 1. The lowest BCUT2D eigenvalue weighted by atomic mass is 9.61. The van der Waals surface area contributed by atoms with Gasteiger partial charge in [-0.1, -0.05) is 152 Å². The number of aromatic nitrogens is 3. The minimum absolute atomic E-state index is 0.217. The summed E-state index contributed by atoms with van der Waals surface area (Å²) in [5.74, 6) is 0.435. The standard InChI is InChI=1S/C55H33N3/c1-3-14-42-38(12-1)39-13-2-4-15-43(39)52-51(42)47-16-5-6-17-48(47)58-53(52)36-10-7-9-35(31-36)37-23-18-32-21-26-45-40(24-19-33-20-25-44(37)49(32)50(33)45)41-28-30-57-55-46(41)27-22-34-11-8-29-56-54(34)55/h1-31,49-50H. The molecule has 0 saturated carbocycles. The number of nitrogens with zero attached hydrogens (tertiary/aromatic N) is 3. The monoisotopic (exact) mass is 735 g/mol. The third-order valence-corrected chi connectivity index (χ3v) is 12.9. The normalized spacial score (nSPS) is 18.2. The molecule has 4 aliphatic rings. The largest absolute Gasteiger partial charge is 0.254 e. The van der Waals surface area contributed by atoms with Crippen molar-refractivity contribution in [3.05, 3.63) is 222 Å². The van der Waals surface area contributed by atoms with Crippen molar-refractivity contribution in [1.29, 1.82) is 0 Å². The van der Waals surface area contributed by atoms with Gasteiger partial charge in [0.2, 0.25) is 0 Å². The molecule has 3 heteroatoms. The van der Waals surface area contributed by atoms with Gasteiger partial charge in [0.1, 0.15) is 0 Å². The number of hydrogen-bond donors (Lipinski definition) is 0. The average Bonchev–Trinajstić information content (AvgIpc) is 3.30. The van der Waals surface area contributed by atoms with Crippen LogP contribution >= 0.6 is 0 Å². The highest BCUT2D eigenvalue weighted by Crippen LogP contribution is 2.54. The molecule has 6 aromatic carbocycles. The van der Waals surface area contributed by atoms with Crippen molar-refractivity contribution in [3.63, 3.8) is 0 Å². The molecule has 0 fully saturated rings. The minimum Gasteiger partial charge on any atom is -0.254 e. The Kier molecular flexibility index (Phi) is 6.56. The van der Waals surface area contributed by atoms with Crippen LogP contribution in [0.4, 0.5) is 0 Å². The van der Waals surface area contributed by atoms with Gasteiger partial charge in [0.15, 0.2) is 0 Å². The van der Waals surface area contributed by atoms with Crippen molar-refractivity contribution in [3.8, 4) is 11.3 Å². The van der Waals surface area contributed by atoms with Gasteiger partial charge in [-0.05, 0) is 90.4 Å². The minimum atomic E-state index is 0.217. The van der Waals surface area contributed by atoms with Crippen LogP contribution in [0.3, 0.4) is 0 Å². The van der Waals surface area contributed by atoms with Gasteiger partial charge < -0.3 is 0 Å². The van der Waals surface area contributed by atoms with E-state index in [1.807, 2.05) is 18.5 Å². The van der Waals surface area contributed by atoms with Crippen LogP contribution in [-0.2, 0) is 0 Å². The van der Waals surface area contributed by atoms with Gasteiger partial charge in [0.05, 0.1) is 22.2 Å². The van der Waals surface area contributed by atoms with E-state index in [4.69, 9.17) is 15.0 Å². The molecule has 4 aliphatic carbocycles. The Morgan fingerprint density at radius 1 is 0.448 bits per heavy atom. The Balaban J connectivity index is 0.973. The van der Waals surface area contributed by atoms with E-state index in [9.17, 15) is 0 Å². The van der Waals surface area contributed by atoms with Crippen LogP contribution in [0.5, 0.6) is 0 Å². The Morgan fingerprint density at radius 2 is 1.17 bits per heavy atom. The second-order valence-corrected chi connectivity index (χ2v) is 15.8. The summed E-state index contributed by atoms with van der Waals surface area (Å²) < 4.78 is 0. The molecule has 3 nitrogen and oxygen atoms in total. The smallest absolute Gasteiger partial charge is 0.0970 e. The summed E-state index contributed by atoms with van der Waals surface area (Å²) in [5, 5.41) is 10.9. The number of hydrogen-bond acceptors (Lipinski definition) is 3. The molecule has 9 aromatic rings. The fraction of sp³-hybridized carbons (Fsp3) is 0.0364. The SMILES string of the molecule is C1=CC2=C(c3cccc(-c4nc5ccccc5c5c6ccccc6c6ccccc6c45)c3)C=CC3=CC=C4C(c5ccnc6c5ccc5cccnc56)=CC=C1C4C32. The van der Waals surface area contributed by atoms with E-state index in [1.54, 1.807) is 0 Å². The molecule has 0 bridgehead atoms. The molecule has 2 atom stereocenters. The number of fused-ring (bicyclic) bond motifs is 11. The Bertz CT molecular complexity index is 3570. The molecule has 2 unspecified atom stereocenters. The summed E-state index contributed by atoms with van der Waals surface area (Å²) >= 11 is 0. The van der Waals surface area contributed by atoms with Gasteiger partial charge in [0, 0.05) is 56.7 Å². The van der Waals surface area contributed by atoms with Crippen molar-refractivity contribution in [2.45, 2.75) is 0 Å². The van der Waals surface area contributed by atoms with Crippen LogP contribution in [0.15, 0.2) is 211 Å². The number of pyridine rings is 3. The molecular weight excluding hydrogens is 703 g/mol. The molecule has 3 aromatic heterocycles. The zero-order chi connectivity index (χ0) is 37.9. The average molecular weight is 736 g/mol. The first-order valence-electron chi connectivity index (χ1n) is 20.1. The highest BCUT2D eigenvalue weighted by atomic mass is 14.7. The van der Waals surface area contributed by atoms with Gasteiger partial charge in [-0.2, -0.15) is 0 Å². The molecule has 58 heavy (non-hydrogen) atoms. The van der Waals surface area contributed by atoms with E-state index in [0.29, 0.717) is 0 Å².